The van der Waals surface area contributed by atoms with Gasteiger partial charge < -0.3 is 8.94 Å². The fraction of sp³-hybridized carbons (Fsp3) is 0.529. The van der Waals surface area contributed by atoms with Crippen LogP contribution in [0.1, 0.15) is 63.0 Å². The number of furan rings is 1. The second-order valence-corrected chi connectivity index (χ2v) is 6.28. The van der Waals surface area contributed by atoms with Crippen LogP contribution >= 0.6 is 0 Å². The lowest BCUT2D eigenvalue weighted by Gasteiger charge is -2.21. The van der Waals surface area contributed by atoms with Gasteiger partial charge in [0.2, 0.25) is 5.89 Å². The van der Waals surface area contributed by atoms with Crippen LogP contribution in [0.5, 0.6) is 0 Å². The van der Waals surface area contributed by atoms with E-state index in [1.807, 2.05) is 12.1 Å². The van der Waals surface area contributed by atoms with E-state index in [0.717, 1.165) is 43.4 Å². The van der Waals surface area contributed by atoms with E-state index in [1.54, 1.807) is 6.26 Å². The molecule has 3 rings (SSSR count). The maximum absolute atomic E-state index is 5.49. The van der Waals surface area contributed by atoms with Gasteiger partial charge in [-0.05, 0) is 44.5 Å². The van der Waals surface area contributed by atoms with E-state index < -0.39 is 0 Å². The predicted octanol–water partition coefficient (Wildman–Crippen LogP) is 4.03. The normalized spacial score (nSPS) is 20.2. The van der Waals surface area contributed by atoms with Gasteiger partial charge in [0.15, 0.2) is 5.82 Å². The third kappa shape index (κ3) is 3.30. The summed E-state index contributed by atoms with van der Waals surface area (Å²) in [6, 6.07) is 4.11. The van der Waals surface area contributed by atoms with Crippen molar-refractivity contribution in [2.45, 2.75) is 45.6 Å². The summed E-state index contributed by atoms with van der Waals surface area (Å²) in [5, 5.41) is 4.09. The molecule has 1 fully saturated rings. The van der Waals surface area contributed by atoms with Crippen LogP contribution in [0.25, 0.3) is 6.08 Å². The summed E-state index contributed by atoms with van der Waals surface area (Å²) in [7, 11) is 0. The van der Waals surface area contributed by atoms with Gasteiger partial charge in [0.05, 0.1) is 12.3 Å². The standard InChI is InChI=1S/C17H23N3O2/c1-12(2)16-18-17(22-19-16)15-7-4-8-20(15)11-13(3)10-14-6-5-9-21-14/h5-6,9-10,12,15H,4,7-8,11H2,1-3H3/b13-10+/t15-/m1/s1. The van der Waals surface area contributed by atoms with Gasteiger partial charge in [0, 0.05) is 12.5 Å². The average Bonchev–Trinajstić information content (AvgIpc) is 3.18. The lowest BCUT2D eigenvalue weighted by molar-refractivity contribution is 0.222. The minimum absolute atomic E-state index is 0.236. The van der Waals surface area contributed by atoms with Gasteiger partial charge in [0.1, 0.15) is 5.76 Å². The molecule has 1 aliphatic heterocycles. The van der Waals surface area contributed by atoms with Crippen molar-refractivity contribution in [3.63, 3.8) is 0 Å². The summed E-state index contributed by atoms with van der Waals surface area (Å²) in [6.45, 7) is 8.25. The summed E-state index contributed by atoms with van der Waals surface area (Å²) >= 11 is 0. The maximum Gasteiger partial charge on any atom is 0.244 e. The number of hydrogen-bond donors (Lipinski definition) is 0. The molecule has 0 saturated carbocycles. The minimum atomic E-state index is 0.236. The first-order valence-electron chi connectivity index (χ1n) is 7.91. The van der Waals surface area contributed by atoms with Crippen LogP contribution < -0.4 is 0 Å². The quantitative estimate of drug-likeness (QED) is 0.834. The summed E-state index contributed by atoms with van der Waals surface area (Å²) in [4.78, 5) is 6.98. The minimum Gasteiger partial charge on any atom is -0.465 e. The molecular weight excluding hydrogens is 278 g/mol. The molecule has 118 valence electrons. The Morgan fingerprint density at radius 2 is 2.36 bits per heavy atom. The zero-order valence-corrected chi connectivity index (χ0v) is 13.5. The lowest BCUT2D eigenvalue weighted by atomic mass is 10.2. The third-order valence-electron chi connectivity index (χ3n) is 4.01. The second kappa shape index (κ2) is 6.48. The molecule has 0 spiro atoms. The van der Waals surface area contributed by atoms with E-state index in [9.17, 15) is 0 Å². The molecule has 1 saturated heterocycles. The molecule has 0 aliphatic carbocycles. The highest BCUT2D eigenvalue weighted by Gasteiger charge is 2.30. The molecule has 0 aromatic carbocycles. The van der Waals surface area contributed by atoms with Gasteiger partial charge in [-0.3, -0.25) is 4.90 Å². The molecule has 0 N–H and O–H groups in total. The van der Waals surface area contributed by atoms with Crippen molar-refractivity contribution in [3.05, 3.63) is 41.4 Å². The van der Waals surface area contributed by atoms with Gasteiger partial charge in [-0.25, -0.2) is 0 Å². The van der Waals surface area contributed by atoms with Crippen molar-refractivity contribution in [1.29, 1.82) is 0 Å². The zero-order chi connectivity index (χ0) is 15.5. The van der Waals surface area contributed by atoms with Crippen LogP contribution in [0.15, 0.2) is 32.9 Å². The highest BCUT2D eigenvalue weighted by atomic mass is 16.5. The number of rotatable bonds is 5. The molecule has 1 aliphatic rings. The molecule has 2 aromatic rings. The van der Waals surface area contributed by atoms with Crippen molar-refractivity contribution in [2.75, 3.05) is 13.1 Å². The summed E-state index contributed by atoms with van der Waals surface area (Å²) in [6.07, 6.45) is 6.03. The SMILES string of the molecule is C/C(=C\c1ccco1)CN1CCC[C@@H]1c1nc(C(C)C)no1. The Labute approximate surface area is 131 Å². The van der Waals surface area contributed by atoms with E-state index in [-0.39, 0.29) is 6.04 Å². The van der Waals surface area contributed by atoms with Crippen molar-refractivity contribution >= 4 is 6.08 Å². The number of nitrogens with zero attached hydrogens (tertiary/aromatic N) is 3. The number of hydrogen-bond acceptors (Lipinski definition) is 5. The van der Waals surface area contributed by atoms with Crippen molar-refractivity contribution < 1.29 is 8.94 Å². The fourth-order valence-corrected chi connectivity index (χ4v) is 2.89. The smallest absolute Gasteiger partial charge is 0.244 e. The molecule has 22 heavy (non-hydrogen) atoms. The van der Waals surface area contributed by atoms with Gasteiger partial charge >= 0.3 is 0 Å². The Morgan fingerprint density at radius 1 is 1.50 bits per heavy atom. The monoisotopic (exact) mass is 301 g/mol. The molecule has 0 bridgehead atoms. The van der Waals surface area contributed by atoms with Gasteiger partial charge in [-0.1, -0.05) is 24.6 Å². The van der Waals surface area contributed by atoms with Gasteiger partial charge in [0.25, 0.3) is 0 Å². The van der Waals surface area contributed by atoms with Gasteiger partial charge in [-0.2, -0.15) is 4.98 Å². The summed E-state index contributed by atoms with van der Waals surface area (Å²) < 4.78 is 10.9. The Bertz CT molecular complexity index is 628. The molecule has 2 aromatic heterocycles. The Kier molecular flexibility index (Phi) is 4.43. The molecule has 1 atom stereocenters. The lowest BCUT2D eigenvalue weighted by Crippen LogP contribution is -2.25. The Hall–Kier alpha value is -1.88. The van der Waals surface area contributed by atoms with Crippen LogP contribution in [0.3, 0.4) is 0 Å². The molecule has 0 amide bonds. The molecule has 5 heteroatoms. The van der Waals surface area contributed by atoms with E-state index in [4.69, 9.17) is 8.94 Å². The van der Waals surface area contributed by atoms with Crippen molar-refractivity contribution in [2.24, 2.45) is 0 Å². The highest BCUT2D eigenvalue weighted by Crippen LogP contribution is 2.32. The first-order valence-corrected chi connectivity index (χ1v) is 7.91. The van der Waals surface area contributed by atoms with Crippen molar-refractivity contribution in [3.8, 4) is 0 Å². The number of likely N-dealkylation sites (tertiary alicyclic amines) is 1. The fourth-order valence-electron chi connectivity index (χ4n) is 2.89. The largest absolute Gasteiger partial charge is 0.465 e. The maximum atomic E-state index is 5.49. The van der Waals surface area contributed by atoms with E-state index >= 15 is 0 Å². The first kappa shape index (κ1) is 15.0. The van der Waals surface area contributed by atoms with E-state index in [1.165, 1.54) is 5.57 Å². The van der Waals surface area contributed by atoms with Crippen LogP contribution in [-0.4, -0.2) is 28.1 Å². The van der Waals surface area contributed by atoms with E-state index in [0.29, 0.717) is 5.92 Å². The summed E-state index contributed by atoms with van der Waals surface area (Å²) in [5.41, 5.74) is 1.27. The van der Waals surface area contributed by atoms with E-state index in [2.05, 4.69) is 41.9 Å². The predicted molar refractivity (Wildman–Crippen MR) is 84.3 cm³/mol. The Balaban J connectivity index is 1.70. The summed E-state index contributed by atoms with van der Waals surface area (Å²) in [5.74, 6) is 2.75. The van der Waals surface area contributed by atoms with Crippen molar-refractivity contribution in [1.82, 2.24) is 15.0 Å². The molecule has 0 unspecified atom stereocenters. The van der Waals surface area contributed by atoms with Crippen LogP contribution in [0.4, 0.5) is 0 Å². The average molecular weight is 301 g/mol. The molecule has 3 heterocycles. The first-order chi connectivity index (χ1) is 10.6. The highest BCUT2D eigenvalue weighted by molar-refractivity contribution is 5.46. The van der Waals surface area contributed by atoms with Gasteiger partial charge in [-0.15, -0.1) is 0 Å². The molecule has 5 nitrogen and oxygen atoms in total. The van der Waals surface area contributed by atoms with Crippen LogP contribution in [0.2, 0.25) is 0 Å². The Morgan fingerprint density at radius 3 is 3.05 bits per heavy atom. The molecular formula is C17H23N3O2. The second-order valence-electron chi connectivity index (χ2n) is 6.28. The number of aromatic nitrogens is 2. The van der Waals surface area contributed by atoms with Crippen LogP contribution in [0, 0.1) is 0 Å². The molecule has 0 radical (unpaired) electrons. The van der Waals surface area contributed by atoms with Crippen LogP contribution in [-0.2, 0) is 0 Å². The zero-order valence-electron chi connectivity index (χ0n) is 13.5. The topological polar surface area (TPSA) is 55.3 Å². The third-order valence-corrected chi connectivity index (χ3v) is 4.01.